The van der Waals surface area contributed by atoms with Gasteiger partial charge in [-0.15, -0.1) is 0 Å². The molecule has 0 radical (unpaired) electrons. The van der Waals surface area contributed by atoms with Gasteiger partial charge in [-0.2, -0.15) is 0 Å². The van der Waals surface area contributed by atoms with Crippen LogP contribution in [-0.4, -0.2) is 51.2 Å². The van der Waals surface area contributed by atoms with Crippen LogP contribution in [0.1, 0.15) is 37.7 Å². The highest BCUT2D eigenvalue weighted by Gasteiger charge is 2.17. The molecule has 0 bridgehead atoms. The lowest BCUT2D eigenvalue weighted by atomic mass is 10.1. The van der Waals surface area contributed by atoms with E-state index in [1.165, 1.54) is 31.4 Å². The molecular weight excluding hydrogens is 491 g/mol. The van der Waals surface area contributed by atoms with Crippen molar-refractivity contribution in [3.8, 4) is 5.75 Å². The molecule has 0 saturated carbocycles. The first kappa shape index (κ1) is 25.9. The second-order valence-corrected chi connectivity index (χ2v) is 11.0. The van der Waals surface area contributed by atoms with Gasteiger partial charge in [0, 0.05) is 48.3 Å². The molecule has 2 aromatic carbocycles. The number of halogens is 2. The van der Waals surface area contributed by atoms with E-state index in [-0.39, 0.29) is 17.2 Å². The normalized spacial score (nSPS) is 15.4. The molecule has 7 nitrogen and oxygen atoms in total. The maximum atomic E-state index is 14.5. The second-order valence-electron chi connectivity index (χ2n) is 8.76. The predicted molar refractivity (Wildman–Crippen MR) is 137 cm³/mol. The van der Waals surface area contributed by atoms with Gasteiger partial charge in [0.05, 0.1) is 11.5 Å². The van der Waals surface area contributed by atoms with Crippen molar-refractivity contribution in [1.29, 1.82) is 0 Å². The Hall–Kier alpha value is -2.17. The minimum absolute atomic E-state index is 0.0609. The predicted octanol–water partition coefficient (Wildman–Crippen LogP) is 4.63. The number of aryl methyl sites for hydroxylation is 1. The second kappa shape index (κ2) is 12.2. The van der Waals surface area contributed by atoms with Crippen molar-refractivity contribution >= 4 is 32.5 Å². The number of H-pyrrole nitrogens is 1. The van der Waals surface area contributed by atoms with E-state index in [0.29, 0.717) is 24.5 Å². The van der Waals surface area contributed by atoms with Crippen LogP contribution in [0.2, 0.25) is 5.02 Å². The van der Waals surface area contributed by atoms with Gasteiger partial charge >= 0.3 is 0 Å². The Balaban J connectivity index is 1.23. The Morgan fingerprint density at radius 2 is 2.00 bits per heavy atom. The van der Waals surface area contributed by atoms with Gasteiger partial charge in [0.1, 0.15) is 0 Å². The maximum absolute atomic E-state index is 14.5. The lowest BCUT2D eigenvalue weighted by Crippen LogP contribution is -2.38. The van der Waals surface area contributed by atoms with Crippen molar-refractivity contribution < 1.29 is 17.5 Å². The molecule has 2 heterocycles. The summed E-state index contributed by atoms with van der Waals surface area (Å²) in [7, 11) is -3.82. The van der Waals surface area contributed by atoms with Gasteiger partial charge in [0.25, 0.3) is 0 Å². The zero-order valence-electron chi connectivity index (χ0n) is 19.7. The molecule has 1 aliphatic rings. The lowest BCUT2D eigenvalue weighted by Gasteiger charge is -2.20. The number of nitrogens with zero attached hydrogens (tertiary/aromatic N) is 1. The van der Waals surface area contributed by atoms with Gasteiger partial charge in [-0.25, -0.2) is 22.5 Å². The summed E-state index contributed by atoms with van der Waals surface area (Å²) in [6, 6.07) is 9.39. The quantitative estimate of drug-likeness (QED) is 0.320. The Labute approximate surface area is 211 Å². The Bertz CT molecular complexity index is 1230. The van der Waals surface area contributed by atoms with Gasteiger partial charge in [-0.1, -0.05) is 18.0 Å². The van der Waals surface area contributed by atoms with Gasteiger partial charge in [0.15, 0.2) is 11.6 Å². The molecule has 0 aliphatic carbocycles. The first-order valence-corrected chi connectivity index (χ1v) is 13.9. The summed E-state index contributed by atoms with van der Waals surface area (Å²) in [4.78, 5) is 3.08. The molecular formula is C25H32ClFN4O3S. The van der Waals surface area contributed by atoms with E-state index in [0.717, 1.165) is 48.6 Å². The molecule has 4 rings (SSSR count). The fourth-order valence-electron chi connectivity index (χ4n) is 4.24. The number of nitrogens with one attached hydrogen (secondary N) is 3. The van der Waals surface area contributed by atoms with Crippen LogP contribution in [0.25, 0.3) is 10.9 Å². The summed E-state index contributed by atoms with van der Waals surface area (Å²) in [5.41, 5.74) is 5.44. The van der Waals surface area contributed by atoms with Crippen molar-refractivity contribution in [2.45, 2.75) is 43.4 Å². The molecule has 0 atom stereocenters. The lowest BCUT2D eigenvalue weighted by molar-refractivity contribution is 0.180. The molecule has 1 saturated heterocycles. The summed E-state index contributed by atoms with van der Waals surface area (Å²) in [5.74, 6) is -0.623. The number of rotatable bonds is 11. The van der Waals surface area contributed by atoms with E-state index in [2.05, 4.69) is 20.1 Å². The monoisotopic (exact) mass is 522 g/mol. The standard InChI is InChI=1S/C25H32ClFN4O3S/c26-20-7-9-24-22(16-20)19(18-28-24)6-4-12-30-35(32,33)21-8-10-25(23(27)17-21)34-15-5-14-31-13-3-1-2-11-29-31/h7-10,16-18,28-30H,1-6,11-15H2. The highest BCUT2D eigenvalue weighted by atomic mass is 35.5. The Kier molecular flexibility index (Phi) is 9.02. The number of benzene rings is 2. The van der Waals surface area contributed by atoms with Crippen LogP contribution in [0.5, 0.6) is 5.75 Å². The van der Waals surface area contributed by atoms with E-state index >= 15 is 0 Å². The maximum Gasteiger partial charge on any atom is 0.240 e. The smallest absolute Gasteiger partial charge is 0.240 e. The number of hydrogen-bond donors (Lipinski definition) is 3. The average Bonchev–Trinajstić information content (AvgIpc) is 3.04. The molecule has 0 amide bonds. The summed E-state index contributed by atoms with van der Waals surface area (Å²) in [6.45, 7) is 3.41. The topological polar surface area (TPSA) is 86.5 Å². The fraction of sp³-hybridized carbons (Fsp3) is 0.440. The summed E-state index contributed by atoms with van der Waals surface area (Å²) in [5, 5.41) is 3.87. The van der Waals surface area contributed by atoms with Crippen molar-refractivity contribution in [3.05, 3.63) is 59.0 Å². The third-order valence-corrected chi connectivity index (χ3v) is 7.82. The first-order chi connectivity index (χ1) is 16.9. The summed E-state index contributed by atoms with van der Waals surface area (Å²) >= 11 is 6.08. The first-order valence-electron chi connectivity index (χ1n) is 12.1. The van der Waals surface area contributed by atoms with Gasteiger partial charge in [0.2, 0.25) is 10.0 Å². The summed E-state index contributed by atoms with van der Waals surface area (Å²) < 4.78 is 47.9. The molecule has 190 valence electrons. The number of ether oxygens (including phenoxy) is 1. The van der Waals surface area contributed by atoms with E-state index < -0.39 is 15.8 Å². The molecule has 1 fully saturated rings. The van der Waals surface area contributed by atoms with Gasteiger partial charge in [-0.3, -0.25) is 5.43 Å². The number of sulfonamides is 1. The van der Waals surface area contributed by atoms with Crippen LogP contribution in [0.4, 0.5) is 4.39 Å². The Morgan fingerprint density at radius 3 is 2.86 bits per heavy atom. The largest absolute Gasteiger partial charge is 0.490 e. The van der Waals surface area contributed by atoms with Crippen LogP contribution in [0.15, 0.2) is 47.5 Å². The van der Waals surface area contributed by atoms with E-state index in [9.17, 15) is 12.8 Å². The number of fused-ring (bicyclic) bond motifs is 1. The molecule has 35 heavy (non-hydrogen) atoms. The van der Waals surface area contributed by atoms with Crippen LogP contribution in [-0.2, 0) is 16.4 Å². The zero-order valence-corrected chi connectivity index (χ0v) is 21.2. The van der Waals surface area contributed by atoms with Crippen LogP contribution in [0, 0.1) is 5.82 Å². The molecule has 0 spiro atoms. The fourth-order valence-corrected chi connectivity index (χ4v) is 5.50. The third kappa shape index (κ3) is 7.17. The van der Waals surface area contributed by atoms with Crippen molar-refractivity contribution in [2.24, 2.45) is 0 Å². The number of hydrazine groups is 1. The SMILES string of the molecule is O=S(=O)(NCCCc1c[nH]c2ccc(Cl)cc12)c1ccc(OCCCN2CCCCCN2)c(F)c1. The van der Waals surface area contributed by atoms with Crippen LogP contribution < -0.4 is 14.9 Å². The average molecular weight is 523 g/mol. The Morgan fingerprint density at radius 1 is 1.11 bits per heavy atom. The minimum Gasteiger partial charge on any atom is -0.490 e. The van der Waals surface area contributed by atoms with Crippen molar-refractivity contribution in [2.75, 3.05) is 32.8 Å². The number of aromatic amines is 1. The van der Waals surface area contributed by atoms with Gasteiger partial charge in [-0.05, 0) is 74.1 Å². The van der Waals surface area contributed by atoms with E-state index in [1.54, 1.807) is 0 Å². The molecule has 10 heteroatoms. The van der Waals surface area contributed by atoms with Gasteiger partial charge < -0.3 is 9.72 Å². The van der Waals surface area contributed by atoms with Crippen LogP contribution >= 0.6 is 11.6 Å². The van der Waals surface area contributed by atoms with E-state index in [4.69, 9.17) is 16.3 Å². The zero-order chi connectivity index (χ0) is 24.7. The van der Waals surface area contributed by atoms with Crippen molar-refractivity contribution in [3.63, 3.8) is 0 Å². The molecule has 3 N–H and O–H groups in total. The third-order valence-electron chi connectivity index (χ3n) is 6.13. The van der Waals surface area contributed by atoms with Crippen LogP contribution in [0.3, 0.4) is 0 Å². The molecule has 0 unspecified atom stereocenters. The number of hydrogen-bond acceptors (Lipinski definition) is 5. The number of aromatic nitrogens is 1. The highest BCUT2D eigenvalue weighted by Crippen LogP contribution is 2.24. The molecule has 1 aliphatic heterocycles. The molecule has 3 aromatic rings. The summed E-state index contributed by atoms with van der Waals surface area (Å²) in [6.07, 6.45) is 7.51. The van der Waals surface area contributed by atoms with E-state index in [1.807, 2.05) is 24.4 Å². The highest BCUT2D eigenvalue weighted by molar-refractivity contribution is 7.89. The van der Waals surface area contributed by atoms with Crippen molar-refractivity contribution in [1.82, 2.24) is 20.1 Å². The minimum atomic E-state index is -3.82. The molecule has 1 aromatic heterocycles.